The molecule has 3 heterocycles. The zero-order valence-corrected chi connectivity index (χ0v) is 14.4. The number of halogens is 3. The van der Waals surface area contributed by atoms with E-state index in [1.807, 2.05) is 6.92 Å². The summed E-state index contributed by atoms with van der Waals surface area (Å²) >= 11 is 1.23. The third kappa shape index (κ3) is 3.07. The number of nitrogens with zero attached hydrogens (tertiary/aromatic N) is 3. The first kappa shape index (κ1) is 18.1. The molecule has 0 saturated heterocycles. The summed E-state index contributed by atoms with van der Waals surface area (Å²) in [6.07, 6.45) is -4.70. The van der Waals surface area contributed by atoms with Crippen LogP contribution in [0.25, 0.3) is 11.0 Å². The van der Waals surface area contributed by atoms with Crippen LogP contribution in [0.2, 0.25) is 0 Å². The summed E-state index contributed by atoms with van der Waals surface area (Å²) in [6, 6.07) is 4.96. The molecule has 0 aliphatic carbocycles. The van der Waals surface area contributed by atoms with Crippen LogP contribution in [0, 0.1) is 6.92 Å². The largest absolute Gasteiger partial charge is 0.433 e. The summed E-state index contributed by atoms with van der Waals surface area (Å²) in [4.78, 5) is 41.9. The maximum atomic E-state index is 12.8. The Bertz CT molecular complexity index is 1140. The van der Waals surface area contributed by atoms with Crippen LogP contribution in [0.15, 0.2) is 33.9 Å². The Hall–Kier alpha value is -2.75. The van der Waals surface area contributed by atoms with Crippen molar-refractivity contribution in [2.75, 3.05) is 0 Å². The number of Topliss-reactive ketones (excluding diaryl/α,β-unsaturated/α-hetero) is 1. The summed E-state index contributed by atoms with van der Waals surface area (Å²) in [6.45, 7) is 1.31. The number of pyridine rings is 1. The summed E-state index contributed by atoms with van der Waals surface area (Å²) < 4.78 is 40.0. The van der Waals surface area contributed by atoms with Gasteiger partial charge in [0.25, 0.3) is 5.56 Å². The van der Waals surface area contributed by atoms with E-state index >= 15 is 0 Å². The first-order valence-electron chi connectivity index (χ1n) is 7.37. The highest BCUT2D eigenvalue weighted by Gasteiger charge is 2.33. The van der Waals surface area contributed by atoms with E-state index in [4.69, 9.17) is 0 Å². The molecule has 0 spiro atoms. The molecular formula is C16H12F3N3O3S. The minimum atomic E-state index is -4.70. The number of carbonyl (C=O) groups is 1. The Kier molecular flexibility index (Phi) is 4.31. The minimum absolute atomic E-state index is 0.171. The molecule has 3 aromatic heterocycles. The molecule has 6 nitrogen and oxygen atoms in total. The van der Waals surface area contributed by atoms with Crippen LogP contribution in [-0.4, -0.2) is 19.9 Å². The molecule has 0 amide bonds. The van der Waals surface area contributed by atoms with E-state index < -0.39 is 35.4 Å². The summed E-state index contributed by atoms with van der Waals surface area (Å²) in [5.41, 5.74) is -3.35. The molecule has 26 heavy (non-hydrogen) atoms. The van der Waals surface area contributed by atoms with Crippen molar-refractivity contribution in [3.63, 3.8) is 0 Å². The molecule has 10 heteroatoms. The van der Waals surface area contributed by atoms with Crippen molar-refractivity contribution in [1.29, 1.82) is 0 Å². The summed E-state index contributed by atoms with van der Waals surface area (Å²) in [5.74, 6) is -0.429. The maximum Gasteiger partial charge on any atom is 0.433 e. The van der Waals surface area contributed by atoms with Gasteiger partial charge in [0.05, 0.1) is 16.8 Å². The molecule has 0 fully saturated rings. The van der Waals surface area contributed by atoms with Crippen LogP contribution in [0.3, 0.4) is 0 Å². The van der Waals surface area contributed by atoms with Crippen LogP contribution in [0.1, 0.15) is 20.2 Å². The van der Waals surface area contributed by atoms with Crippen LogP contribution >= 0.6 is 11.3 Å². The normalized spacial score (nSPS) is 11.9. The average molecular weight is 383 g/mol. The molecule has 0 atom stereocenters. The van der Waals surface area contributed by atoms with E-state index in [2.05, 4.69) is 4.98 Å². The first-order valence-corrected chi connectivity index (χ1v) is 8.18. The quantitative estimate of drug-likeness (QED) is 0.651. The predicted octanol–water partition coefficient (Wildman–Crippen LogP) is 2.37. The molecule has 0 unspecified atom stereocenters. The minimum Gasteiger partial charge on any atom is -0.291 e. The summed E-state index contributed by atoms with van der Waals surface area (Å²) in [7, 11) is 1.20. The molecule has 0 bridgehead atoms. The van der Waals surface area contributed by atoms with Crippen LogP contribution in [-0.2, 0) is 19.8 Å². The first-order chi connectivity index (χ1) is 12.1. The lowest BCUT2D eigenvalue weighted by Crippen LogP contribution is -2.41. The number of carbonyl (C=O) groups excluding carboxylic acids is 1. The van der Waals surface area contributed by atoms with Gasteiger partial charge in [0.1, 0.15) is 11.3 Å². The number of aromatic nitrogens is 3. The van der Waals surface area contributed by atoms with Gasteiger partial charge in [-0.05, 0) is 31.2 Å². The van der Waals surface area contributed by atoms with Gasteiger partial charge in [0.15, 0.2) is 5.78 Å². The van der Waals surface area contributed by atoms with Crippen molar-refractivity contribution in [2.45, 2.75) is 19.6 Å². The molecule has 0 N–H and O–H groups in total. The second-order valence-corrected chi connectivity index (χ2v) is 6.92. The van der Waals surface area contributed by atoms with E-state index in [-0.39, 0.29) is 11.0 Å². The number of hydrogen-bond donors (Lipinski definition) is 0. The van der Waals surface area contributed by atoms with Gasteiger partial charge in [-0.2, -0.15) is 13.2 Å². The van der Waals surface area contributed by atoms with E-state index in [1.54, 1.807) is 12.1 Å². The third-order valence-corrected chi connectivity index (χ3v) is 4.84. The van der Waals surface area contributed by atoms with Crippen molar-refractivity contribution in [2.24, 2.45) is 7.05 Å². The van der Waals surface area contributed by atoms with Crippen LogP contribution < -0.4 is 11.2 Å². The van der Waals surface area contributed by atoms with Gasteiger partial charge >= 0.3 is 11.9 Å². The standard InChI is InChI=1S/C16H12F3N3O3S/c1-8-3-5-11(26-8)10(23)7-22-14(24)9-4-6-12(16(17,18)19)20-13(9)21(2)15(22)25/h3-6H,7H2,1-2H3. The smallest absolute Gasteiger partial charge is 0.291 e. The zero-order chi connectivity index (χ0) is 19.2. The van der Waals surface area contributed by atoms with E-state index in [1.165, 1.54) is 18.4 Å². The van der Waals surface area contributed by atoms with Gasteiger partial charge in [-0.3, -0.25) is 18.7 Å². The predicted molar refractivity (Wildman–Crippen MR) is 89.6 cm³/mol. The van der Waals surface area contributed by atoms with Gasteiger partial charge in [-0.25, -0.2) is 9.78 Å². The molecule has 0 aliphatic heterocycles. The van der Waals surface area contributed by atoms with Gasteiger partial charge in [0, 0.05) is 11.9 Å². The molecule has 0 aromatic carbocycles. The Morgan fingerprint density at radius 2 is 1.88 bits per heavy atom. The Morgan fingerprint density at radius 3 is 2.46 bits per heavy atom. The number of hydrogen-bond acceptors (Lipinski definition) is 5. The lowest BCUT2D eigenvalue weighted by atomic mass is 10.2. The lowest BCUT2D eigenvalue weighted by molar-refractivity contribution is -0.141. The van der Waals surface area contributed by atoms with Crippen molar-refractivity contribution >= 4 is 28.2 Å². The van der Waals surface area contributed by atoms with Gasteiger partial charge in [0.2, 0.25) is 0 Å². The molecule has 0 radical (unpaired) electrons. The molecule has 0 aliphatic rings. The van der Waals surface area contributed by atoms with Crippen LogP contribution in [0.4, 0.5) is 13.2 Å². The zero-order valence-electron chi connectivity index (χ0n) is 13.6. The van der Waals surface area contributed by atoms with Crippen molar-refractivity contribution < 1.29 is 18.0 Å². The van der Waals surface area contributed by atoms with Crippen LogP contribution in [0.5, 0.6) is 0 Å². The monoisotopic (exact) mass is 383 g/mol. The SMILES string of the molecule is Cc1ccc(C(=O)Cn2c(=O)c3ccc(C(F)(F)F)nc3n(C)c2=O)s1. The number of aryl methyl sites for hydroxylation is 2. The molecule has 136 valence electrons. The molecule has 3 rings (SSSR count). The fourth-order valence-electron chi connectivity index (χ4n) is 2.48. The highest BCUT2D eigenvalue weighted by atomic mass is 32.1. The second kappa shape index (κ2) is 6.20. The average Bonchev–Trinajstić information content (AvgIpc) is 3.02. The van der Waals surface area contributed by atoms with Gasteiger partial charge < -0.3 is 0 Å². The van der Waals surface area contributed by atoms with Gasteiger partial charge in [-0.1, -0.05) is 0 Å². The fourth-order valence-corrected chi connectivity index (χ4v) is 3.28. The highest BCUT2D eigenvalue weighted by molar-refractivity contribution is 7.14. The number of rotatable bonds is 3. The van der Waals surface area contributed by atoms with Crippen molar-refractivity contribution in [3.05, 3.63) is 60.6 Å². The number of ketones is 1. The van der Waals surface area contributed by atoms with Crippen molar-refractivity contribution in [3.8, 4) is 0 Å². The highest BCUT2D eigenvalue weighted by Crippen LogP contribution is 2.28. The second-order valence-electron chi connectivity index (χ2n) is 5.63. The van der Waals surface area contributed by atoms with Gasteiger partial charge in [-0.15, -0.1) is 11.3 Å². The Balaban J connectivity index is 2.15. The maximum absolute atomic E-state index is 12.8. The molecule has 0 saturated carbocycles. The molecular weight excluding hydrogens is 371 g/mol. The lowest BCUT2D eigenvalue weighted by Gasteiger charge is -2.11. The Morgan fingerprint density at radius 1 is 1.19 bits per heavy atom. The number of thiophene rings is 1. The van der Waals surface area contributed by atoms with E-state index in [9.17, 15) is 27.6 Å². The Labute approximate surface area is 148 Å². The van der Waals surface area contributed by atoms with E-state index in [0.717, 1.165) is 15.5 Å². The topological polar surface area (TPSA) is 74.0 Å². The number of fused-ring (bicyclic) bond motifs is 1. The molecule has 3 aromatic rings. The van der Waals surface area contributed by atoms with Crippen molar-refractivity contribution in [1.82, 2.24) is 14.1 Å². The fraction of sp³-hybridized carbons (Fsp3) is 0.250. The number of alkyl halides is 3. The third-order valence-electron chi connectivity index (χ3n) is 3.79. The van der Waals surface area contributed by atoms with E-state index in [0.29, 0.717) is 15.5 Å². The summed E-state index contributed by atoms with van der Waals surface area (Å²) in [5, 5.41) is -0.171.